The van der Waals surface area contributed by atoms with Gasteiger partial charge in [-0.1, -0.05) is 31.4 Å². The second-order valence-electron chi connectivity index (χ2n) is 5.25. The number of nitrogens with zero attached hydrogens (tertiary/aromatic N) is 2. The molecule has 1 aromatic rings. The van der Waals surface area contributed by atoms with E-state index in [1.54, 1.807) is 4.68 Å². The first-order valence-electron chi connectivity index (χ1n) is 6.38. The molecule has 0 bridgehead atoms. The van der Waals surface area contributed by atoms with E-state index in [-0.39, 0.29) is 0 Å². The number of aryl methyl sites for hydroxylation is 2. The summed E-state index contributed by atoms with van der Waals surface area (Å²) in [5.41, 5.74) is 1.23. The Morgan fingerprint density at radius 3 is 2.82 bits per heavy atom. The van der Waals surface area contributed by atoms with E-state index in [9.17, 15) is 5.11 Å². The van der Waals surface area contributed by atoms with Crippen molar-refractivity contribution >= 4 is 11.6 Å². The first kappa shape index (κ1) is 12.9. The van der Waals surface area contributed by atoms with Crippen molar-refractivity contribution in [1.29, 1.82) is 0 Å². The molecule has 96 valence electrons. The lowest BCUT2D eigenvalue weighted by Crippen LogP contribution is -2.36. The van der Waals surface area contributed by atoms with Crippen LogP contribution in [0.15, 0.2) is 0 Å². The molecule has 1 aliphatic rings. The molecule has 0 saturated heterocycles. The van der Waals surface area contributed by atoms with Crippen molar-refractivity contribution in [1.82, 2.24) is 9.78 Å². The van der Waals surface area contributed by atoms with Gasteiger partial charge < -0.3 is 5.11 Å². The van der Waals surface area contributed by atoms with E-state index in [2.05, 4.69) is 12.0 Å². The van der Waals surface area contributed by atoms with Crippen molar-refractivity contribution in [2.75, 3.05) is 0 Å². The molecule has 2 atom stereocenters. The summed E-state index contributed by atoms with van der Waals surface area (Å²) in [6, 6.07) is 0. The molecule has 4 heteroatoms. The maximum atomic E-state index is 10.8. The molecule has 2 rings (SSSR count). The van der Waals surface area contributed by atoms with E-state index in [1.807, 2.05) is 14.0 Å². The van der Waals surface area contributed by atoms with E-state index in [0.29, 0.717) is 17.4 Å². The monoisotopic (exact) mass is 256 g/mol. The molecular weight excluding hydrogens is 236 g/mol. The summed E-state index contributed by atoms with van der Waals surface area (Å²) in [5.74, 6) is 0.397. The van der Waals surface area contributed by atoms with Gasteiger partial charge in [0, 0.05) is 13.5 Å². The molecule has 1 N–H and O–H groups in total. The van der Waals surface area contributed by atoms with Crippen LogP contribution in [-0.2, 0) is 13.5 Å². The molecule has 0 aliphatic heterocycles. The highest BCUT2D eigenvalue weighted by Gasteiger charge is 2.41. The summed E-state index contributed by atoms with van der Waals surface area (Å²) in [4.78, 5) is 0. The predicted octanol–water partition coefficient (Wildman–Crippen LogP) is 2.87. The van der Waals surface area contributed by atoms with Crippen molar-refractivity contribution in [2.45, 2.75) is 51.6 Å². The van der Waals surface area contributed by atoms with Crippen molar-refractivity contribution < 1.29 is 5.11 Å². The Bertz CT molecular complexity index is 416. The van der Waals surface area contributed by atoms with Gasteiger partial charge in [0.25, 0.3) is 0 Å². The number of hydrogen-bond acceptors (Lipinski definition) is 2. The highest BCUT2D eigenvalue weighted by atomic mass is 35.5. The summed E-state index contributed by atoms with van der Waals surface area (Å²) < 4.78 is 1.81. The molecule has 1 fully saturated rings. The molecule has 0 spiro atoms. The Kier molecular flexibility index (Phi) is 3.50. The van der Waals surface area contributed by atoms with Crippen LogP contribution in [0, 0.1) is 12.8 Å². The molecule has 0 aromatic carbocycles. The number of halogens is 1. The largest absolute Gasteiger partial charge is 0.389 e. The van der Waals surface area contributed by atoms with Gasteiger partial charge in [-0.15, -0.1) is 0 Å². The van der Waals surface area contributed by atoms with Crippen LogP contribution < -0.4 is 0 Å². The van der Waals surface area contributed by atoms with Crippen molar-refractivity contribution in [2.24, 2.45) is 13.0 Å². The van der Waals surface area contributed by atoms with Crippen LogP contribution in [0.5, 0.6) is 0 Å². The van der Waals surface area contributed by atoms with Crippen molar-refractivity contribution in [3.8, 4) is 0 Å². The SMILES string of the molecule is CCC1CCCC1(O)Cc1c(Cl)c(C)nn1C. The summed E-state index contributed by atoms with van der Waals surface area (Å²) in [7, 11) is 1.90. The van der Waals surface area contributed by atoms with E-state index in [0.717, 1.165) is 37.1 Å². The quantitative estimate of drug-likeness (QED) is 0.903. The molecule has 0 amide bonds. The fraction of sp³-hybridized carbons (Fsp3) is 0.769. The molecule has 2 unspecified atom stereocenters. The van der Waals surface area contributed by atoms with Gasteiger partial charge in [-0.05, 0) is 25.7 Å². The third kappa shape index (κ3) is 2.23. The fourth-order valence-corrected chi connectivity index (χ4v) is 3.33. The third-order valence-electron chi connectivity index (χ3n) is 4.15. The summed E-state index contributed by atoms with van der Waals surface area (Å²) in [6.07, 6.45) is 4.78. The molecule has 1 aliphatic carbocycles. The third-order valence-corrected chi connectivity index (χ3v) is 4.64. The molecule has 17 heavy (non-hydrogen) atoms. The van der Waals surface area contributed by atoms with Gasteiger partial charge in [0.2, 0.25) is 0 Å². The number of aliphatic hydroxyl groups is 1. The standard InChI is InChI=1S/C13H21ClN2O/c1-4-10-6-5-7-13(10,17)8-11-12(14)9(2)15-16(11)3/h10,17H,4-8H2,1-3H3. The smallest absolute Gasteiger partial charge is 0.0848 e. The summed E-state index contributed by atoms with van der Waals surface area (Å²) in [5, 5.41) is 15.8. The van der Waals surface area contributed by atoms with E-state index in [1.165, 1.54) is 0 Å². The number of hydrogen-bond donors (Lipinski definition) is 1. The zero-order valence-electron chi connectivity index (χ0n) is 10.8. The molecule has 3 nitrogen and oxygen atoms in total. The minimum atomic E-state index is -0.585. The zero-order valence-corrected chi connectivity index (χ0v) is 11.6. The summed E-state index contributed by atoms with van der Waals surface area (Å²) in [6.45, 7) is 4.05. The maximum absolute atomic E-state index is 10.8. The fourth-order valence-electron chi connectivity index (χ4n) is 3.11. The van der Waals surface area contributed by atoms with Gasteiger partial charge in [-0.3, -0.25) is 4.68 Å². The van der Waals surface area contributed by atoms with Gasteiger partial charge in [0.1, 0.15) is 0 Å². The molecule has 1 heterocycles. The van der Waals surface area contributed by atoms with Crippen molar-refractivity contribution in [3.05, 3.63) is 16.4 Å². The van der Waals surface area contributed by atoms with Crippen LogP contribution in [0.25, 0.3) is 0 Å². The van der Waals surface area contributed by atoms with Crippen LogP contribution in [-0.4, -0.2) is 20.5 Å². The molecule has 1 saturated carbocycles. The molecule has 0 radical (unpaired) electrons. The molecule has 1 aromatic heterocycles. The maximum Gasteiger partial charge on any atom is 0.0848 e. The van der Waals surface area contributed by atoms with E-state index < -0.39 is 5.60 Å². The van der Waals surface area contributed by atoms with Crippen LogP contribution in [0.3, 0.4) is 0 Å². The first-order chi connectivity index (χ1) is 7.98. The minimum absolute atomic E-state index is 0.397. The van der Waals surface area contributed by atoms with Crippen LogP contribution in [0.4, 0.5) is 0 Å². The first-order valence-corrected chi connectivity index (χ1v) is 6.76. The Labute approximate surface area is 108 Å². The van der Waals surface area contributed by atoms with Gasteiger partial charge >= 0.3 is 0 Å². The highest BCUT2D eigenvalue weighted by molar-refractivity contribution is 6.31. The van der Waals surface area contributed by atoms with Crippen LogP contribution in [0.1, 0.15) is 44.0 Å². The minimum Gasteiger partial charge on any atom is -0.389 e. The topological polar surface area (TPSA) is 38.1 Å². The number of aromatic nitrogens is 2. The van der Waals surface area contributed by atoms with E-state index in [4.69, 9.17) is 11.6 Å². The lowest BCUT2D eigenvalue weighted by atomic mass is 9.85. The summed E-state index contributed by atoms with van der Waals surface area (Å²) >= 11 is 6.25. The van der Waals surface area contributed by atoms with Gasteiger partial charge in [0.05, 0.1) is 22.0 Å². The highest BCUT2D eigenvalue weighted by Crippen LogP contribution is 2.41. The van der Waals surface area contributed by atoms with Crippen molar-refractivity contribution in [3.63, 3.8) is 0 Å². The van der Waals surface area contributed by atoms with Gasteiger partial charge in [0.15, 0.2) is 0 Å². The lowest BCUT2D eigenvalue weighted by Gasteiger charge is -2.29. The average molecular weight is 257 g/mol. The van der Waals surface area contributed by atoms with Crippen LogP contribution in [0.2, 0.25) is 5.02 Å². The van der Waals surface area contributed by atoms with Gasteiger partial charge in [-0.25, -0.2) is 0 Å². The Balaban J connectivity index is 2.25. The normalized spacial score (nSPS) is 28.9. The average Bonchev–Trinajstić information content (AvgIpc) is 2.75. The Hall–Kier alpha value is -0.540. The Morgan fingerprint density at radius 2 is 2.29 bits per heavy atom. The van der Waals surface area contributed by atoms with E-state index >= 15 is 0 Å². The zero-order chi connectivity index (χ0) is 12.6. The Morgan fingerprint density at radius 1 is 1.59 bits per heavy atom. The number of rotatable bonds is 3. The molecular formula is C13H21ClN2O. The second kappa shape index (κ2) is 4.62. The van der Waals surface area contributed by atoms with Crippen LogP contribution >= 0.6 is 11.6 Å². The van der Waals surface area contributed by atoms with Gasteiger partial charge in [-0.2, -0.15) is 5.10 Å². The lowest BCUT2D eigenvalue weighted by molar-refractivity contribution is -0.0000912. The second-order valence-corrected chi connectivity index (χ2v) is 5.63. The predicted molar refractivity (Wildman–Crippen MR) is 69.2 cm³/mol.